The molecule has 0 aliphatic carbocycles. The van der Waals surface area contributed by atoms with Crippen molar-refractivity contribution in [2.75, 3.05) is 5.32 Å². The number of aromatic hydroxyl groups is 1. The fraction of sp³-hybridized carbons (Fsp3) is 0.235. The van der Waals surface area contributed by atoms with Gasteiger partial charge in [-0.25, -0.2) is 9.78 Å². The van der Waals surface area contributed by atoms with E-state index in [1.54, 1.807) is 31.2 Å². The van der Waals surface area contributed by atoms with E-state index in [0.29, 0.717) is 11.3 Å². The summed E-state index contributed by atoms with van der Waals surface area (Å²) in [6, 6.07) is 14.3. The summed E-state index contributed by atoms with van der Waals surface area (Å²) in [6.07, 6.45) is -0.389. The van der Waals surface area contributed by atoms with Gasteiger partial charge in [0.05, 0.1) is 0 Å². The van der Waals surface area contributed by atoms with Crippen LogP contribution in [0.15, 0.2) is 48.5 Å². The lowest BCUT2D eigenvalue weighted by Gasteiger charge is -2.13. The molecule has 2 aromatic carbocycles. The number of para-hydroxylation sites is 1. The third-order valence-electron chi connectivity index (χ3n) is 3.06. The summed E-state index contributed by atoms with van der Waals surface area (Å²) in [7, 11) is 0. The number of benzene rings is 2. The predicted molar refractivity (Wildman–Crippen MR) is 83.1 cm³/mol. The Morgan fingerprint density at radius 2 is 2.00 bits per heavy atom. The second-order valence-corrected chi connectivity index (χ2v) is 4.94. The summed E-state index contributed by atoms with van der Waals surface area (Å²) in [5.41, 5.74) is 2.24. The van der Waals surface area contributed by atoms with Crippen molar-refractivity contribution in [2.45, 2.75) is 26.6 Å². The minimum Gasteiger partial charge on any atom is -0.508 e. The molecule has 0 bridgehead atoms. The highest BCUT2D eigenvalue weighted by atomic mass is 17.2. The smallest absolute Gasteiger partial charge is 0.221 e. The molecular formula is C17H19NO4. The maximum Gasteiger partial charge on any atom is 0.221 e. The lowest BCUT2D eigenvalue weighted by molar-refractivity contribution is -0.332. The first-order valence-corrected chi connectivity index (χ1v) is 6.99. The minimum absolute atomic E-state index is 0.123. The Bertz CT molecular complexity index is 642. The summed E-state index contributed by atoms with van der Waals surface area (Å²) in [6.45, 7) is 3.49. The van der Waals surface area contributed by atoms with Crippen molar-refractivity contribution in [3.05, 3.63) is 59.7 Å². The van der Waals surface area contributed by atoms with Gasteiger partial charge in [-0.3, -0.25) is 4.79 Å². The van der Waals surface area contributed by atoms with E-state index in [9.17, 15) is 9.90 Å². The van der Waals surface area contributed by atoms with Gasteiger partial charge in [0.15, 0.2) is 0 Å². The van der Waals surface area contributed by atoms with Gasteiger partial charge in [0, 0.05) is 18.2 Å². The Kier molecular flexibility index (Phi) is 5.52. The number of rotatable bonds is 6. The van der Waals surface area contributed by atoms with Gasteiger partial charge in [0.1, 0.15) is 18.5 Å². The highest BCUT2D eigenvalue weighted by Gasteiger charge is 2.11. The number of nitrogens with one attached hydrogen (secondary N) is 1. The molecule has 0 radical (unpaired) electrons. The Morgan fingerprint density at radius 3 is 2.73 bits per heavy atom. The van der Waals surface area contributed by atoms with Gasteiger partial charge in [-0.05, 0) is 30.7 Å². The summed E-state index contributed by atoms with van der Waals surface area (Å²) in [5, 5.41) is 12.5. The molecule has 0 saturated heterocycles. The van der Waals surface area contributed by atoms with Crippen LogP contribution in [0.3, 0.4) is 0 Å². The lowest BCUT2D eigenvalue weighted by Crippen LogP contribution is -2.06. The molecule has 1 atom stereocenters. The van der Waals surface area contributed by atoms with Crippen LogP contribution in [0.5, 0.6) is 5.75 Å². The van der Waals surface area contributed by atoms with Gasteiger partial charge in [0.25, 0.3) is 0 Å². The van der Waals surface area contributed by atoms with Crippen molar-refractivity contribution in [1.29, 1.82) is 0 Å². The summed E-state index contributed by atoms with van der Waals surface area (Å²) in [5.74, 6) is 0.0498. The number of hydrogen-bond acceptors (Lipinski definition) is 4. The van der Waals surface area contributed by atoms with E-state index in [1.165, 1.54) is 6.92 Å². The zero-order valence-corrected chi connectivity index (χ0v) is 12.6. The zero-order valence-electron chi connectivity index (χ0n) is 12.6. The first kappa shape index (κ1) is 16.0. The quantitative estimate of drug-likeness (QED) is 0.632. The van der Waals surface area contributed by atoms with E-state index in [1.807, 2.05) is 24.3 Å². The number of amides is 1. The van der Waals surface area contributed by atoms with Crippen LogP contribution in [0.4, 0.5) is 5.69 Å². The molecule has 2 aromatic rings. The summed E-state index contributed by atoms with van der Waals surface area (Å²) >= 11 is 0. The number of anilines is 1. The highest BCUT2D eigenvalue weighted by Crippen LogP contribution is 2.26. The average Bonchev–Trinajstić information content (AvgIpc) is 2.47. The van der Waals surface area contributed by atoms with E-state index >= 15 is 0 Å². The SMILES string of the molecule is CC(=O)Nc1cccc(COOC(C)c2ccccc2O)c1. The van der Waals surface area contributed by atoms with E-state index in [2.05, 4.69) is 5.32 Å². The van der Waals surface area contributed by atoms with Gasteiger partial charge < -0.3 is 10.4 Å². The van der Waals surface area contributed by atoms with Crippen LogP contribution in [0.2, 0.25) is 0 Å². The molecule has 2 N–H and O–H groups in total. The highest BCUT2D eigenvalue weighted by molar-refractivity contribution is 5.88. The summed E-state index contributed by atoms with van der Waals surface area (Å²) < 4.78 is 0. The van der Waals surface area contributed by atoms with Crippen LogP contribution in [-0.4, -0.2) is 11.0 Å². The van der Waals surface area contributed by atoms with Crippen LogP contribution in [0.1, 0.15) is 31.1 Å². The molecule has 5 nitrogen and oxygen atoms in total. The normalized spacial score (nSPS) is 11.9. The molecule has 1 unspecified atom stereocenters. The van der Waals surface area contributed by atoms with Crippen LogP contribution in [-0.2, 0) is 21.2 Å². The average molecular weight is 301 g/mol. The first-order valence-electron chi connectivity index (χ1n) is 6.99. The van der Waals surface area contributed by atoms with E-state index in [0.717, 1.165) is 5.56 Å². The van der Waals surface area contributed by atoms with Gasteiger partial charge in [0.2, 0.25) is 5.91 Å². The van der Waals surface area contributed by atoms with Crippen molar-refractivity contribution < 1.29 is 19.7 Å². The third kappa shape index (κ3) is 4.58. The van der Waals surface area contributed by atoms with Gasteiger partial charge >= 0.3 is 0 Å². The fourth-order valence-electron chi connectivity index (χ4n) is 2.03. The van der Waals surface area contributed by atoms with Crippen LogP contribution >= 0.6 is 0 Å². The molecule has 0 aliphatic heterocycles. The molecule has 116 valence electrons. The van der Waals surface area contributed by atoms with Gasteiger partial charge in [-0.1, -0.05) is 30.3 Å². The van der Waals surface area contributed by atoms with Crippen LogP contribution < -0.4 is 5.32 Å². The predicted octanol–water partition coefficient (Wildman–Crippen LogP) is 3.56. The maximum atomic E-state index is 11.0. The molecule has 0 aliphatic rings. The van der Waals surface area contributed by atoms with Crippen molar-refractivity contribution in [1.82, 2.24) is 0 Å². The largest absolute Gasteiger partial charge is 0.508 e. The molecular weight excluding hydrogens is 282 g/mol. The fourth-order valence-corrected chi connectivity index (χ4v) is 2.03. The Labute approximate surface area is 129 Å². The Morgan fingerprint density at radius 1 is 1.23 bits per heavy atom. The Hall–Kier alpha value is -2.37. The molecule has 0 saturated carbocycles. The molecule has 22 heavy (non-hydrogen) atoms. The second kappa shape index (κ2) is 7.59. The molecule has 5 heteroatoms. The third-order valence-corrected chi connectivity index (χ3v) is 3.06. The number of carbonyl (C=O) groups is 1. The maximum absolute atomic E-state index is 11.0. The van der Waals surface area contributed by atoms with E-state index in [-0.39, 0.29) is 24.4 Å². The number of phenols is 1. The van der Waals surface area contributed by atoms with Crippen LogP contribution in [0.25, 0.3) is 0 Å². The second-order valence-electron chi connectivity index (χ2n) is 4.94. The van der Waals surface area contributed by atoms with Crippen molar-refractivity contribution in [3.8, 4) is 5.75 Å². The van der Waals surface area contributed by atoms with E-state index in [4.69, 9.17) is 9.78 Å². The number of phenolic OH excluding ortho intramolecular Hbond substituents is 1. The van der Waals surface area contributed by atoms with E-state index < -0.39 is 0 Å². The monoisotopic (exact) mass is 301 g/mol. The molecule has 0 spiro atoms. The number of carbonyl (C=O) groups excluding carboxylic acids is 1. The topological polar surface area (TPSA) is 67.8 Å². The minimum atomic E-state index is -0.389. The van der Waals surface area contributed by atoms with Gasteiger partial charge in [-0.15, -0.1) is 0 Å². The molecule has 2 rings (SSSR count). The van der Waals surface area contributed by atoms with Crippen molar-refractivity contribution >= 4 is 11.6 Å². The molecule has 0 heterocycles. The lowest BCUT2D eigenvalue weighted by atomic mass is 10.1. The number of hydrogen-bond donors (Lipinski definition) is 2. The first-order chi connectivity index (χ1) is 10.6. The Balaban J connectivity index is 1.88. The van der Waals surface area contributed by atoms with Crippen LogP contribution in [0, 0.1) is 0 Å². The molecule has 1 amide bonds. The molecule has 0 aromatic heterocycles. The van der Waals surface area contributed by atoms with Crippen molar-refractivity contribution in [2.24, 2.45) is 0 Å². The summed E-state index contributed by atoms with van der Waals surface area (Å²) in [4.78, 5) is 21.5. The van der Waals surface area contributed by atoms with Crippen molar-refractivity contribution in [3.63, 3.8) is 0 Å². The molecule has 0 fully saturated rings. The standard InChI is InChI=1S/C17H19NO4/c1-12(16-8-3-4-9-17(16)20)22-21-11-14-6-5-7-15(10-14)18-13(2)19/h3-10,12,20H,11H2,1-2H3,(H,18,19). The van der Waals surface area contributed by atoms with Gasteiger partial charge in [-0.2, -0.15) is 0 Å². The zero-order chi connectivity index (χ0) is 15.9.